The summed E-state index contributed by atoms with van der Waals surface area (Å²) in [5.74, 6) is -2.17. The first kappa shape index (κ1) is 31.5. The maximum absolute atomic E-state index is 14.0. The first-order valence-corrected chi connectivity index (χ1v) is 14.3. The number of aliphatic hydroxyl groups excluding tert-OH is 4. The summed E-state index contributed by atoms with van der Waals surface area (Å²) in [7, 11) is 4.28. The zero-order valence-electron chi connectivity index (χ0n) is 24.5. The van der Waals surface area contributed by atoms with Gasteiger partial charge >= 0.3 is 11.9 Å². The van der Waals surface area contributed by atoms with E-state index in [1.165, 1.54) is 21.3 Å². The van der Waals surface area contributed by atoms with Gasteiger partial charge in [-0.1, -0.05) is 18.6 Å². The van der Waals surface area contributed by atoms with Crippen LogP contribution in [0, 0.1) is 22.7 Å². The number of esters is 2. The van der Waals surface area contributed by atoms with E-state index in [-0.39, 0.29) is 6.42 Å². The highest BCUT2D eigenvalue weighted by Gasteiger charge is 2.70. The van der Waals surface area contributed by atoms with E-state index < -0.39 is 96.7 Å². The van der Waals surface area contributed by atoms with Crippen molar-refractivity contribution in [3.63, 3.8) is 0 Å². The van der Waals surface area contributed by atoms with Gasteiger partial charge in [-0.2, -0.15) is 0 Å². The normalized spacial score (nSPS) is 47.1. The van der Waals surface area contributed by atoms with Crippen LogP contribution in [0.2, 0.25) is 0 Å². The number of hydrogen-bond donors (Lipinski definition) is 4. The number of cyclic esters (lactones) is 1. The molecule has 5 rings (SSSR count). The van der Waals surface area contributed by atoms with Gasteiger partial charge in [0.15, 0.2) is 18.9 Å². The molecule has 0 aromatic carbocycles. The van der Waals surface area contributed by atoms with E-state index in [0.29, 0.717) is 30.4 Å². The first-order valence-electron chi connectivity index (χ1n) is 14.3. The third-order valence-electron chi connectivity index (χ3n) is 10.2. The fraction of sp³-hybridized carbons (Fsp3) is 0.793. The Balaban J connectivity index is 1.55. The molecule has 0 aromatic heterocycles. The van der Waals surface area contributed by atoms with Crippen LogP contribution in [-0.4, -0.2) is 116 Å². The van der Waals surface area contributed by atoms with Crippen LogP contribution in [0.3, 0.4) is 0 Å². The van der Waals surface area contributed by atoms with Gasteiger partial charge in [0.1, 0.15) is 35.9 Å². The highest BCUT2D eigenvalue weighted by atomic mass is 16.8. The molecule has 1 saturated carbocycles. The lowest BCUT2D eigenvalue weighted by Crippen LogP contribution is -2.68. The lowest BCUT2D eigenvalue weighted by atomic mass is 9.44. The Morgan fingerprint density at radius 3 is 2.48 bits per heavy atom. The van der Waals surface area contributed by atoms with Gasteiger partial charge < -0.3 is 53.6 Å². The Kier molecular flexibility index (Phi) is 8.89. The lowest BCUT2D eigenvalue weighted by Gasteiger charge is -2.62. The van der Waals surface area contributed by atoms with Crippen LogP contribution < -0.4 is 0 Å². The molecule has 2 aliphatic carbocycles. The summed E-state index contributed by atoms with van der Waals surface area (Å²) in [5, 5.41) is 41.1. The molecule has 42 heavy (non-hydrogen) atoms. The molecular formula is C29H42O13. The average Bonchev–Trinajstić information content (AvgIpc) is 3.41. The SMILES string of the molecule is COC(=O)[C@@]12C(C)=CCC[C@H]1[C@]1(C)CC(C3=CC(OC)OC3OC)OC(=O)[C@H]1CC2O[C@@H]1O[C@H](CO)[C@@H](O)[C@H](O)[C@H]1O. The Hall–Kier alpha value is -1.94. The number of rotatable bonds is 7. The van der Waals surface area contributed by atoms with Crippen molar-refractivity contribution in [2.75, 3.05) is 27.9 Å². The number of carbonyl (C=O) groups excluding carboxylic acids is 2. The summed E-state index contributed by atoms with van der Waals surface area (Å²) < 4.78 is 39.9. The van der Waals surface area contributed by atoms with Crippen LogP contribution in [-0.2, 0) is 42.7 Å². The van der Waals surface area contributed by atoms with Crippen molar-refractivity contribution in [3.8, 4) is 0 Å². The molecule has 3 fully saturated rings. The zero-order valence-corrected chi connectivity index (χ0v) is 24.5. The maximum atomic E-state index is 14.0. The van der Waals surface area contributed by atoms with Crippen LogP contribution in [0.15, 0.2) is 23.3 Å². The molecule has 3 aliphatic heterocycles. The van der Waals surface area contributed by atoms with Crippen molar-refractivity contribution in [1.82, 2.24) is 0 Å². The predicted octanol–water partition coefficient (Wildman–Crippen LogP) is -0.0695. The van der Waals surface area contributed by atoms with E-state index in [4.69, 9.17) is 33.2 Å². The lowest BCUT2D eigenvalue weighted by molar-refractivity contribution is -0.328. The number of methoxy groups -OCH3 is 3. The minimum absolute atomic E-state index is 0.0256. The summed E-state index contributed by atoms with van der Waals surface area (Å²) in [6, 6.07) is 0. The summed E-state index contributed by atoms with van der Waals surface area (Å²) in [6.07, 6.45) is -5.51. The van der Waals surface area contributed by atoms with Crippen molar-refractivity contribution < 1.29 is 63.2 Å². The Morgan fingerprint density at radius 1 is 1.10 bits per heavy atom. The van der Waals surface area contributed by atoms with Crippen molar-refractivity contribution in [2.24, 2.45) is 22.7 Å². The molecule has 0 aromatic rings. The van der Waals surface area contributed by atoms with Crippen LogP contribution in [0.4, 0.5) is 0 Å². The van der Waals surface area contributed by atoms with Gasteiger partial charge in [0.25, 0.3) is 0 Å². The van der Waals surface area contributed by atoms with E-state index >= 15 is 0 Å². The van der Waals surface area contributed by atoms with Crippen LogP contribution in [0.5, 0.6) is 0 Å². The monoisotopic (exact) mass is 598 g/mol. The highest BCUT2D eigenvalue weighted by Crippen LogP contribution is 2.65. The summed E-state index contributed by atoms with van der Waals surface area (Å²) in [5.41, 5.74) is -0.796. The average molecular weight is 599 g/mol. The number of allylic oxidation sites excluding steroid dienone is 1. The van der Waals surface area contributed by atoms with Gasteiger partial charge in [-0.15, -0.1) is 0 Å². The van der Waals surface area contributed by atoms with Gasteiger partial charge in [-0.3, -0.25) is 9.59 Å². The second-order valence-electron chi connectivity index (χ2n) is 12.1. The molecule has 4 N–H and O–H groups in total. The zero-order chi connectivity index (χ0) is 30.6. The van der Waals surface area contributed by atoms with E-state index in [9.17, 15) is 30.0 Å². The molecule has 5 aliphatic rings. The third-order valence-corrected chi connectivity index (χ3v) is 10.2. The Bertz CT molecular complexity index is 1110. The standard InChI is InChI=1S/C29H42O13/c1-13-7-6-8-18-28(2)11-16(14-9-20(36-3)42-25(14)37-4)39-24(34)15(28)10-19(29(13,18)27(35)38-5)41-26-23(33)22(32)21(31)17(12-30)40-26/h7,9,15-23,25-26,30-33H,6,8,10-12H2,1-5H3/t15-,16?,17-,18+,19?,20?,21-,22+,23-,25?,26+,28-,29+/m1/s1. The van der Waals surface area contributed by atoms with Crippen LogP contribution >= 0.6 is 0 Å². The second-order valence-corrected chi connectivity index (χ2v) is 12.1. The smallest absolute Gasteiger partial charge is 0.318 e. The topological polar surface area (TPSA) is 180 Å². The molecule has 13 atom stereocenters. The molecule has 2 saturated heterocycles. The fourth-order valence-electron chi connectivity index (χ4n) is 8.04. The van der Waals surface area contributed by atoms with Gasteiger partial charge in [0.05, 0.1) is 25.7 Å². The molecule has 3 heterocycles. The second kappa shape index (κ2) is 11.9. The quantitative estimate of drug-likeness (QED) is 0.226. The Morgan fingerprint density at radius 2 is 1.83 bits per heavy atom. The van der Waals surface area contributed by atoms with Gasteiger partial charge in [-0.25, -0.2) is 0 Å². The molecule has 4 unspecified atom stereocenters. The van der Waals surface area contributed by atoms with E-state index in [0.717, 1.165) is 0 Å². The predicted molar refractivity (Wildman–Crippen MR) is 141 cm³/mol. The fourth-order valence-corrected chi connectivity index (χ4v) is 8.04. The first-order chi connectivity index (χ1) is 20.0. The molecule has 13 nitrogen and oxygen atoms in total. The van der Waals surface area contributed by atoms with E-state index in [1.54, 1.807) is 6.08 Å². The van der Waals surface area contributed by atoms with Crippen LogP contribution in [0.1, 0.15) is 39.5 Å². The van der Waals surface area contributed by atoms with Gasteiger partial charge in [-0.05, 0) is 50.0 Å². The summed E-state index contributed by atoms with van der Waals surface area (Å²) in [4.78, 5) is 27.8. The number of carbonyl (C=O) groups is 2. The molecule has 0 radical (unpaired) electrons. The minimum Gasteiger partial charge on any atom is -0.468 e. The van der Waals surface area contributed by atoms with Gasteiger partial charge in [0.2, 0.25) is 0 Å². The van der Waals surface area contributed by atoms with Crippen LogP contribution in [0.25, 0.3) is 0 Å². The van der Waals surface area contributed by atoms with E-state index in [2.05, 4.69) is 0 Å². The molecule has 0 bridgehead atoms. The third kappa shape index (κ3) is 4.74. The van der Waals surface area contributed by atoms with Gasteiger partial charge in [0, 0.05) is 19.8 Å². The number of ether oxygens (including phenoxy) is 7. The molecule has 0 amide bonds. The molecular weight excluding hydrogens is 556 g/mol. The van der Waals surface area contributed by atoms with Crippen molar-refractivity contribution >= 4 is 11.9 Å². The molecule has 236 valence electrons. The number of hydrogen-bond acceptors (Lipinski definition) is 13. The number of aliphatic hydroxyl groups is 4. The maximum Gasteiger partial charge on any atom is 0.318 e. The van der Waals surface area contributed by atoms with Crippen molar-refractivity contribution in [1.29, 1.82) is 0 Å². The summed E-state index contributed by atoms with van der Waals surface area (Å²) >= 11 is 0. The van der Waals surface area contributed by atoms with Crippen molar-refractivity contribution in [3.05, 3.63) is 23.3 Å². The number of fused-ring (bicyclic) bond motifs is 3. The molecule has 0 spiro atoms. The van der Waals surface area contributed by atoms with Crippen molar-refractivity contribution in [2.45, 2.75) is 95.0 Å². The minimum atomic E-state index is -1.69. The van der Waals surface area contributed by atoms with E-state index in [1.807, 2.05) is 19.9 Å². The largest absolute Gasteiger partial charge is 0.468 e. The summed E-state index contributed by atoms with van der Waals surface area (Å²) in [6.45, 7) is 3.17. The highest BCUT2D eigenvalue weighted by molar-refractivity contribution is 5.84. The molecule has 13 heteroatoms. The Labute approximate surface area is 244 Å².